The lowest BCUT2D eigenvalue weighted by Gasteiger charge is -1.95. The summed E-state index contributed by atoms with van der Waals surface area (Å²) in [4.78, 5) is 5.83. The summed E-state index contributed by atoms with van der Waals surface area (Å²) in [5.74, 6) is 1.23. The van der Waals surface area contributed by atoms with Crippen molar-refractivity contribution in [3.05, 3.63) is 15.6 Å². The molecule has 0 bridgehead atoms. The standard InChI is InChI=1S/C9H14ClNS/c1-6(2)9-11-7(3)8(12-9)4-5-10/h6H,4-5H2,1-3H3. The third kappa shape index (κ3) is 2.20. The predicted molar refractivity (Wildman–Crippen MR) is 55.4 cm³/mol. The summed E-state index contributed by atoms with van der Waals surface area (Å²) in [7, 11) is 0. The van der Waals surface area contributed by atoms with Gasteiger partial charge in [-0.1, -0.05) is 13.8 Å². The summed E-state index contributed by atoms with van der Waals surface area (Å²) in [6.07, 6.45) is 0.956. The van der Waals surface area contributed by atoms with Gasteiger partial charge >= 0.3 is 0 Å². The van der Waals surface area contributed by atoms with Gasteiger partial charge in [0, 0.05) is 16.7 Å². The van der Waals surface area contributed by atoms with Gasteiger partial charge in [0.1, 0.15) is 0 Å². The maximum Gasteiger partial charge on any atom is 0.0956 e. The van der Waals surface area contributed by atoms with Gasteiger partial charge < -0.3 is 0 Å². The van der Waals surface area contributed by atoms with Crippen LogP contribution in [-0.4, -0.2) is 10.9 Å². The lowest BCUT2D eigenvalue weighted by Crippen LogP contribution is -1.85. The van der Waals surface area contributed by atoms with E-state index in [9.17, 15) is 0 Å². The molecule has 1 heterocycles. The number of nitrogens with zero attached hydrogens (tertiary/aromatic N) is 1. The van der Waals surface area contributed by atoms with Crippen LogP contribution < -0.4 is 0 Å². The molecule has 0 spiro atoms. The number of alkyl halides is 1. The summed E-state index contributed by atoms with van der Waals surface area (Å²) in [6, 6.07) is 0. The fourth-order valence-electron chi connectivity index (χ4n) is 1.02. The van der Waals surface area contributed by atoms with Crippen molar-refractivity contribution in [2.45, 2.75) is 33.1 Å². The fraction of sp³-hybridized carbons (Fsp3) is 0.667. The Balaban J connectivity index is 2.85. The SMILES string of the molecule is Cc1nc(C(C)C)sc1CCCl. The maximum atomic E-state index is 5.68. The molecule has 0 aliphatic heterocycles. The number of rotatable bonds is 3. The second-order valence-corrected chi connectivity index (χ2v) is 4.65. The predicted octanol–water partition coefficient (Wildman–Crippen LogP) is 3.36. The normalized spacial score (nSPS) is 11.1. The molecule has 0 saturated heterocycles. The van der Waals surface area contributed by atoms with Crippen molar-refractivity contribution in [1.29, 1.82) is 0 Å². The highest BCUT2D eigenvalue weighted by atomic mass is 35.5. The first-order valence-electron chi connectivity index (χ1n) is 4.17. The van der Waals surface area contributed by atoms with Gasteiger partial charge in [-0.3, -0.25) is 0 Å². The molecule has 1 rings (SSSR count). The molecule has 0 unspecified atom stereocenters. The summed E-state index contributed by atoms with van der Waals surface area (Å²) in [5, 5.41) is 1.23. The largest absolute Gasteiger partial charge is 0.246 e. The molecule has 0 amide bonds. The summed E-state index contributed by atoms with van der Waals surface area (Å²) >= 11 is 7.47. The zero-order valence-corrected chi connectivity index (χ0v) is 9.30. The summed E-state index contributed by atoms with van der Waals surface area (Å²) < 4.78 is 0. The molecule has 0 N–H and O–H groups in total. The molecule has 0 aromatic carbocycles. The molecule has 1 nitrogen and oxygen atoms in total. The number of thiazole rings is 1. The second kappa shape index (κ2) is 4.24. The van der Waals surface area contributed by atoms with Crippen molar-refractivity contribution < 1.29 is 0 Å². The molecule has 0 aliphatic carbocycles. The van der Waals surface area contributed by atoms with E-state index in [4.69, 9.17) is 11.6 Å². The molecule has 12 heavy (non-hydrogen) atoms. The number of aryl methyl sites for hydroxylation is 2. The van der Waals surface area contributed by atoms with E-state index in [-0.39, 0.29) is 0 Å². The van der Waals surface area contributed by atoms with E-state index in [1.807, 2.05) is 0 Å². The van der Waals surface area contributed by atoms with Crippen LogP contribution in [0.5, 0.6) is 0 Å². The Morgan fingerprint density at radius 1 is 1.50 bits per heavy atom. The lowest BCUT2D eigenvalue weighted by molar-refractivity contribution is 0.846. The zero-order chi connectivity index (χ0) is 9.14. The smallest absolute Gasteiger partial charge is 0.0956 e. The van der Waals surface area contributed by atoms with E-state index in [2.05, 4.69) is 25.8 Å². The van der Waals surface area contributed by atoms with Gasteiger partial charge in [0.25, 0.3) is 0 Å². The highest BCUT2D eigenvalue weighted by molar-refractivity contribution is 7.11. The van der Waals surface area contributed by atoms with E-state index in [1.165, 1.54) is 9.88 Å². The monoisotopic (exact) mass is 203 g/mol. The van der Waals surface area contributed by atoms with Crippen LogP contribution in [0.3, 0.4) is 0 Å². The summed E-state index contributed by atoms with van der Waals surface area (Å²) in [5.41, 5.74) is 1.16. The minimum Gasteiger partial charge on any atom is -0.246 e. The molecule has 0 atom stereocenters. The minimum absolute atomic E-state index is 0.540. The molecule has 1 aromatic heterocycles. The van der Waals surface area contributed by atoms with Crippen LogP contribution in [0.25, 0.3) is 0 Å². The van der Waals surface area contributed by atoms with Crippen molar-refractivity contribution in [3.8, 4) is 0 Å². The third-order valence-electron chi connectivity index (χ3n) is 1.72. The van der Waals surface area contributed by atoms with Crippen LogP contribution in [0, 0.1) is 6.92 Å². The number of hydrogen-bond acceptors (Lipinski definition) is 2. The van der Waals surface area contributed by atoms with Crippen LogP contribution in [0.4, 0.5) is 0 Å². The van der Waals surface area contributed by atoms with Gasteiger partial charge in [-0.2, -0.15) is 0 Å². The molecule has 0 aliphatic rings. The fourth-order valence-corrected chi connectivity index (χ4v) is 2.38. The van der Waals surface area contributed by atoms with Gasteiger partial charge in [-0.05, 0) is 13.3 Å². The minimum atomic E-state index is 0.540. The number of aromatic nitrogens is 1. The Labute approximate surface area is 82.8 Å². The van der Waals surface area contributed by atoms with E-state index in [1.54, 1.807) is 11.3 Å². The van der Waals surface area contributed by atoms with Crippen LogP contribution in [0.15, 0.2) is 0 Å². The Hall–Kier alpha value is -0.0800. The van der Waals surface area contributed by atoms with Crippen molar-refractivity contribution in [2.24, 2.45) is 0 Å². The molecular formula is C9H14ClNS. The van der Waals surface area contributed by atoms with Crippen molar-refractivity contribution in [2.75, 3.05) is 5.88 Å². The average Bonchev–Trinajstić information content (AvgIpc) is 2.34. The van der Waals surface area contributed by atoms with E-state index in [0.29, 0.717) is 11.8 Å². The van der Waals surface area contributed by atoms with Gasteiger partial charge in [0.05, 0.1) is 10.7 Å². The molecule has 68 valence electrons. The third-order valence-corrected chi connectivity index (χ3v) is 3.43. The zero-order valence-electron chi connectivity index (χ0n) is 7.72. The van der Waals surface area contributed by atoms with Crippen LogP contribution >= 0.6 is 22.9 Å². The van der Waals surface area contributed by atoms with Gasteiger partial charge in [0.15, 0.2) is 0 Å². The Morgan fingerprint density at radius 2 is 2.17 bits per heavy atom. The van der Waals surface area contributed by atoms with Gasteiger partial charge in [-0.15, -0.1) is 22.9 Å². The second-order valence-electron chi connectivity index (χ2n) is 3.15. The molecule has 1 aromatic rings. The molecule has 0 fully saturated rings. The lowest BCUT2D eigenvalue weighted by atomic mass is 10.2. The van der Waals surface area contributed by atoms with Crippen LogP contribution in [0.1, 0.15) is 35.3 Å². The average molecular weight is 204 g/mol. The molecular weight excluding hydrogens is 190 g/mol. The summed E-state index contributed by atoms with van der Waals surface area (Å²) in [6.45, 7) is 6.40. The van der Waals surface area contributed by atoms with E-state index in [0.717, 1.165) is 12.1 Å². The Morgan fingerprint density at radius 3 is 2.58 bits per heavy atom. The van der Waals surface area contributed by atoms with Crippen LogP contribution in [0.2, 0.25) is 0 Å². The highest BCUT2D eigenvalue weighted by Crippen LogP contribution is 2.24. The first-order valence-corrected chi connectivity index (χ1v) is 5.52. The van der Waals surface area contributed by atoms with E-state index >= 15 is 0 Å². The highest BCUT2D eigenvalue weighted by Gasteiger charge is 2.09. The van der Waals surface area contributed by atoms with E-state index < -0.39 is 0 Å². The molecule has 3 heteroatoms. The number of hydrogen-bond donors (Lipinski definition) is 0. The number of halogens is 1. The van der Waals surface area contributed by atoms with Crippen molar-refractivity contribution in [1.82, 2.24) is 4.98 Å². The quantitative estimate of drug-likeness (QED) is 0.687. The molecule has 0 saturated carbocycles. The maximum absolute atomic E-state index is 5.68. The van der Waals surface area contributed by atoms with Crippen LogP contribution in [-0.2, 0) is 6.42 Å². The first-order chi connectivity index (χ1) is 5.65. The van der Waals surface area contributed by atoms with Crippen molar-refractivity contribution >= 4 is 22.9 Å². The molecule has 0 radical (unpaired) electrons. The van der Waals surface area contributed by atoms with Gasteiger partial charge in [0.2, 0.25) is 0 Å². The first kappa shape index (κ1) is 10.0. The topological polar surface area (TPSA) is 12.9 Å². The Kier molecular flexibility index (Phi) is 3.53. The van der Waals surface area contributed by atoms with Gasteiger partial charge in [-0.25, -0.2) is 4.98 Å². The van der Waals surface area contributed by atoms with Crippen molar-refractivity contribution in [3.63, 3.8) is 0 Å². The Bertz CT molecular complexity index is 255.